The zero-order valence-electron chi connectivity index (χ0n) is 11.3. The molecule has 0 atom stereocenters. The first-order valence-corrected chi connectivity index (χ1v) is 6.86. The quantitative estimate of drug-likeness (QED) is 0.879. The number of aromatic nitrogens is 2. The summed E-state index contributed by atoms with van der Waals surface area (Å²) in [6.45, 7) is 5.56. The predicted molar refractivity (Wildman–Crippen MR) is 79.1 cm³/mol. The molecular weight excluding hydrogens is 330 g/mol. The van der Waals surface area contributed by atoms with Gasteiger partial charge in [-0.15, -0.1) is 0 Å². The summed E-state index contributed by atoms with van der Waals surface area (Å²) < 4.78 is 29.7. The number of nitrogens with two attached hydrogens (primary N) is 1. The SMILES string of the molecule is Cc1nn(C(C)C)c(Nc2c(F)cc(Br)cc2F)c1N. The monoisotopic (exact) mass is 344 g/mol. The number of halogens is 3. The van der Waals surface area contributed by atoms with Gasteiger partial charge in [0.05, 0.1) is 11.4 Å². The number of hydrogen-bond donors (Lipinski definition) is 2. The average Bonchev–Trinajstić information content (AvgIpc) is 2.61. The zero-order valence-corrected chi connectivity index (χ0v) is 12.9. The maximum atomic E-state index is 13.9. The molecule has 0 bridgehead atoms. The van der Waals surface area contributed by atoms with Crippen LogP contribution in [0.2, 0.25) is 0 Å². The molecule has 7 heteroatoms. The van der Waals surface area contributed by atoms with Gasteiger partial charge in [0.15, 0.2) is 17.5 Å². The van der Waals surface area contributed by atoms with Crippen molar-refractivity contribution < 1.29 is 8.78 Å². The molecule has 0 saturated heterocycles. The van der Waals surface area contributed by atoms with Crippen molar-refractivity contribution in [2.45, 2.75) is 26.8 Å². The largest absolute Gasteiger partial charge is 0.394 e. The molecule has 20 heavy (non-hydrogen) atoms. The van der Waals surface area contributed by atoms with Gasteiger partial charge >= 0.3 is 0 Å². The molecule has 0 saturated carbocycles. The van der Waals surface area contributed by atoms with Crippen LogP contribution in [0.15, 0.2) is 16.6 Å². The van der Waals surface area contributed by atoms with Gasteiger partial charge in [-0.05, 0) is 32.9 Å². The van der Waals surface area contributed by atoms with E-state index in [-0.39, 0.29) is 11.7 Å². The Hall–Kier alpha value is -1.63. The molecule has 4 nitrogen and oxygen atoms in total. The summed E-state index contributed by atoms with van der Waals surface area (Å²) in [6.07, 6.45) is 0. The number of nitrogens with zero attached hydrogens (tertiary/aromatic N) is 2. The van der Waals surface area contributed by atoms with Crippen LogP contribution >= 0.6 is 15.9 Å². The number of hydrogen-bond acceptors (Lipinski definition) is 3. The van der Waals surface area contributed by atoms with Gasteiger partial charge in [0.2, 0.25) is 0 Å². The average molecular weight is 345 g/mol. The molecule has 0 fully saturated rings. The van der Waals surface area contributed by atoms with Crippen molar-refractivity contribution in [2.75, 3.05) is 11.1 Å². The van der Waals surface area contributed by atoms with Gasteiger partial charge in [-0.2, -0.15) is 5.10 Å². The molecule has 1 aromatic heterocycles. The highest BCUT2D eigenvalue weighted by atomic mass is 79.9. The van der Waals surface area contributed by atoms with E-state index >= 15 is 0 Å². The maximum Gasteiger partial charge on any atom is 0.152 e. The van der Waals surface area contributed by atoms with E-state index in [1.54, 1.807) is 11.6 Å². The fourth-order valence-corrected chi connectivity index (χ4v) is 2.24. The lowest BCUT2D eigenvalue weighted by atomic mass is 10.2. The molecule has 0 aliphatic carbocycles. The van der Waals surface area contributed by atoms with Gasteiger partial charge in [-0.25, -0.2) is 13.5 Å². The minimum Gasteiger partial charge on any atom is -0.394 e. The summed E-state index contributed by atoms with van der Waals surface area (Å²) in [5.74, 6) is -1.02. The Bertz CT molecular complexity index is 629. The van der Waals surface area contributed by atoms with Gasteiger partial charge < -0.3 is 11.1 Å². The third kappa shape index (κ3) is 2.63. The van der Waals surface area contributed by atoms with E-state index in [0.717, 1.165) is 0 Å². The first-order chi connectivity index (χ1) is 9.31. The fourth-order valence-electron chi connectivity index (χ4n) is 1.84. The van der Waals surface area contributed by atoms with E-state index in [9.17, 15) is 8.78 Å². The minimum atomic E-state index is -0.703. The van der Waals surface area contributed by atoms with Gasteiger partial charge in [0.1, 0.15) is 5.69 Å². The van der Waals surface area contributed by atoms with Crippen molar-refractivity contribution >= 4 is 33.1 Å². The van der Waals surface area contributed by atoms with Crippen molar-refractivity contribution in [2.24, 2.45) is 0 Å². The number of nitrogen functional groups attached to an aromatic ring is 1. The Morgan fingerprint density at radius 2 is 1.85 bits per heavy atom. The van der Waals surface area contributed by atoms with Gasteiger partial charge in [0.25, 0.3) is 0 Å². The molecule has 3 N–H and O–H groups in total. The highest BCUT2D eigenvalue weighted by Crippen LogP contribution is 2.32. The summed E-state index contributed by atoms with van der Waals surface area (Å²) in [4.78, 5) is 0. The molecule has 108 valence electrons. The molecule has 2 rings (SSSR count). The van der Waals surface area contributed by atoms with E-state index in [2.05, 4.69) is 26.3 Å². The zero-order chi connectivity index (χ0) is 15.0. The summed E-state index contributed by atoms with van der Waals surface area (Å²) in [7, 11) is 0. The Labute approximate surface area is 124 Å². The molecule has 2 aromatic rings. The Morgan fingerprint density at radius 1 is 1.30 bits per heavy atom. The van der Waals surface area contributed by atoms with Crippen molar-refractivity contribution in [3.8, 4) is 0 Å². The Morgan fingerprint density at radius 3 is 2.35 bits per heavy atom. The number of anilines is 3. The van der Waals surface area contributed by atoms with Crippen LogP contribution in [0.4, 0.5) is 26.0 Å². The molecule has 0 spiro atoms. The molecule has 0 amide bonds. The van der Waals surface area contributed by atoms with Gasteiger partial charge in [-0.1, -0.05) is 15.9 Å². The van der Waals surface area contributed by atoms with Crippen LogP contribution in [-0.2, 0) is 0 Å². The lowest BCUT2D eigenvalue weighted by molar-refractivity contribution is 0.534. The lowest BCUT2D eigenvalue weighted by Crippen LogP contribution is -2.09. The summed E-state index contributed by atoms with van der Waals surface area (Å²) in [5, 5.41) is 6.97. The molecular formula is C13H15BrF2N4. The van der Waals surface area contributed by atoms with Crippen LogP contribution in [0.5, 0.6) is 0 Å². The molecule has 0 radical (unpaired) electrons. The lowest BCUT2D eigenvalue weighted by Gasteiger charge is -2.14. The van der Waals surface area contributed by atoms with Crippen molar-refractivity contribution in [1.29, 1.82) is 0 Å². The molecule has 0 aliphatic rings. The van der Waals surface area contributed by atoms with Gasteiger partial charge in [-0.3, -0.25) is 0 Å². The van der Waals surface area contributed by atoms with E-state index in [1.165, 1.54) is 12.1 Å². The van der Waals surface area contributed by atoms with Crippen molar-refractivity contribution in [3.63, 3.8) is 0 Å². The minimum absolute atomic E-state index is 0.00932. The Balaban J connectivity index is 2.50. The maximum absolute atomic E-state index is 13.9. The number of benzene rings is 1. The molecule has 0 aliphatic heterocycles. The highest BCUT2D eigenvalue weighted by molar-refractivity contribution is 9.10. The van der Waals surface area contributed by atoms with Crippen molar-refractivity contribution in [3.05, 3.63) is 33.9 Å². The normalized spacial score (nSPS) is 11.2. The second-order valence-electron chi connectivity index (χ2n) is 4.76. The summed E-state index contributed by atoms with van der Waals surface area (Å²) in [5.41, 5.74) is 6.66. The second kappa shape index (κ2) is 5.40. The van der Waals surface area contributed by atoms with Crippen LogP contribution in [0, 0.1) is 18.6 Å². The van der Waals surface area contributed by atoms with Crippen LogP contribution in [0.25, 0.3) is 0 Å². The van der Waals surface area contributed by atoms with Crippen LogP contribution in [0.1, 0.15) is 25.6 Å². The fraction of sp³-hybridized carbons (Fsp3) is 0.308. The third-order valence-electron chi connectivity index (χ3n) is 2.87. The topological polar surface area (TPSA) is 55.9 Å². The standard InChI is InChI=1S/C13H15BrF2N4/c1-6(2)20-13(11(17)7(3)19-20)18-12-9(15)4-8(14)5-10(12)16/h4-6,18H,17H2,1-3H3. The third-order valence-corrected chi connectivity index (χ3v) is 3.33. The first-order valence-electron chi connectivity index (χ1n) is 6.07. The number of rotatable bonds is 3. The summed E-state index contributed by atoms with van der Waals surface area (Å²) >= 11 is 3.04. The van der Waals surface area contributed by atoms with Crippen molar-refractivity contribution in [1.82, 2.24) is 9.78 Å². The molecule has 0 unspecified atom stereocenters. The van der Waals surface area contributed by atoms with E-state index < -0.39 is 11.6 Å². The number of aryl methyl sites for hydroxylation is 1. The van der Waals surface area contributed by atoms with Crippen LogP contribution < -0.4 is 11.1 Å². The van der Waals surface area contributed by atoms with Crippen LogP contribution in [0.3, 0.4) is 0 Å². The van der Waals surface area contributed by atoms with Gasteiger partial charge in [0, 0.05) is 10.5 Å². The second-order valence-corrected chi connectivity index (χ2v) is 5.67. The predicted octanol–water partition coefficient (Wildman–Crippen LogP) is 4.14. The van der Waals surface area contributed by atoms with E-state index in [4.69, 9.17) is 5.73 Å². The summed E-state index contributed by atoms with van der Waals surface area (Å²) in [6, 6.07) is 2.38. The molecule has 1 heterocycles. The molecule has 1 aromatic carbocycles. The van der Waals surface area contributed by atoms with E-state index in [0.29, 0.717) is 21.7 Å². The smallest absolute Gasteiger partial charge is 0.152 e. The Kier molecular flexibility index (Phi) is 3.99. The highest BCUT2D eigenvalue weighted by Gasteiger charge is 2.18. The first kappa shape index (κ1) is 14.8. The van der Waals surface area contributed by atoms with E-state index in [1.807, 2.05) is 13.8 Å². The number of nitrogens with one attached hydrogen (secondary N) is 1. The van der Waals surface area contributed by atoms with Crippen LogP contribution in [-0.4, -0.2) is 9.78 Å².